The molecule has 1 N–H and O–H groups in total. The van der Waals surface area contributed by atoms with Crippen molar-refractivity contribution in [1.82, 2.24) is 10.2 Å². The number of rotatable bonds is 10. The molecule has 0 saturated carbocycles. The van der Waals surface area contributed by atoms with E-state index in [1.807, 2.05) is 30.1 Å². The van der Waals surface area contributed by atoms with E-state index >= 15 is 0 Å². The van der Waals surface area contributed by atoms with Crippen LogP contribution in [0.5, 0.6) is 11.5 Å². The monoisotopic (exact) mass is 416 g/mol. The minimum absolute atomic E-state index is 0.0601. The second-order valence-corrected chi connectivity index (χ2v) is 6.52. The molecule has 9 nitrogen and oxygen atoms in total. The van der Waals surface area contributed by atoms with E-state index < -0.39 is 4.92 Å². The van der Waals surface area contributed by atoms with Crippen molar-refractivity contribution < 1.29 is 19.1 Å². The second kappa shape index (κ2) is 11.6. The molecule has 0 heterocycles. The van der Waals surface area contributed by atoms with E-state index in [0.29, 0.717) is 32.2 Å². The molecule has 0 radical (unpaired) electrons. The summed E-state index contributed by atoms with van der Waals surface area (Å²) in [6.45, 7) is 2.08. The van der Waals surface area contributed by atoms with Crippen LogP contribution in [-0.4, -0.2) is 57.3 Å². The zero-order valence-electron chi connectivity index (χ0n) is 17.8. The maximum absolute atomic E-state index is 10.8. The van der Waals surface area contributed by atoms with E-state index in [-0.39, 0.29) is 5.69 Å². The molecule has 162 valence electrons. The molecular formula is C21H28N4O5. The van der Waals surface area contributed by atoms with Gasteiger partial charge in [0, 0.05) is 51.0 Å². The summed E-state index contributed by atoms with van der Waals surface area (Å²) in [6, 6.07) is 12.1. The summed E-state index contributed by atoms with van der Waals surface area (Å²) in [4.78, 5) is 17.0. The summed E-state index contributed by atoms with van der Waals surface area (Å²) in [5, 5.41) is 14.1. The molecule has 0 atom stereocenters. The molecule has 0 aliphatic carbocycles. The topological polar surface area (TPSA) is 98.5 Å². The second-order valence-electron chi connectivity index (χ2n) is 6.52. The van der Waals surface area contributed by atoms with Crippen molar-refractivity contribution in [2.45, 2.75) is 13.1 Å². The first-order chi connectivity index (χ1) is 14.5. The Morgan fingerprint density at radius 3 is 2.47 bits per heavy atom. The van der Waals surface area contributed by atoms with Gasteiger partial charge in [0.15, 0.2) is 5.96 Å². The summed E-state index contributed by atoms with van der Waals surface area (Å²) >= 11 is 0. The number of nitrogens with one attached hydrogen (secondary N) is 1. The maximum atomic E-state index is 10.8. The van der Waals surface area contributed by atoms with Gasteiger partial charge in [-0.25, -0.2) is 4.99 Å². The van der Waals surface area contributed by atoms with Gasteiger partial charge in [-0.3, -0.25) is 10.1 Å². The molecule has 0 spiro atoms. The van der Waals surface area contributed by atoms with Gasteiger partial charge in [0.25, 0.3) is 5.69 Å². The number of hydrogen-bond acceptors (Lipinski definition) is 6. The fourth-order valence-electron chi connectivity index (χ4n) is 2.78. The average molecular weight is 416 g/mol. The normalized spacial score (nSPS) is 11.1. The summed E-state index contributed by atoms with van der Waals surface area (Å²) in [5.74, 6) is 2.14. The minimum Gasteiger partial charge on any atom is -0.497 e. The Kier molecular flexibility index (Phi) is 8.89. The van der Waals surface area contributed by atoms with Crippen molar-refractivity contribution >= 4 is 11.6 Å². The van der Waals surface area contributed by atoms with Crippen molar-refractivity contribution in [3.8, 4) is 11.5 Å². The number of nitrogens with zero attached hydrogens (tertiary/aromatic N) is 3. The highest BCUT2D eigenvalue weighted by atomic mass is 16.6. The minimum atomic E-state index is -0.416. The first-order valence-electron chi connectivity index (χ1n) is 9.41. The lowest BCUT2D eigenvalue weighted by atomic mass is 10.2. The molecular weight excluding hydrogens is 388 g/mol. The summed E-state index contributed by atoms with van der Waals surface area (Å²) in [6.07, 6.45) is 0. The number of methoxy groups -OCH3 is 3. The van der Waals surface area contributed by atoms with Gasteiger partial charge in [0.05, 0.1) is 32.3 Å². The predicted molar refractivity (Wildman–Crippen MR) is 115 cm³/mol. The molecule has 0 amide bonds. The highest BCUT2D eigenvalue weighted by molar-refractivity contribution is 5.79. The van der Waals surface area contributed by atoms with Gasteiger partial charge >= 0.3 is 0 Å². The number of aliphatic imine (C=N–C) groups is 1. The van der Waals surface area contributed by atoms with Gasteiger partial charge in [-0.05, 0) is 17.7 Å². The van der Waals surface area contributed by atoms with Crippen molar-refractivity contribution in [2.75, 3.05) is 41.5 Å². The van der Waals surface area contributed by atoms with E-state index in [0.717, 1.165) is 22.6 Å². The number of nitro benzene ring substituents is 1. The standard InChI is InChI=1S/C21H28N4O5/c1-24(15-17-7-10-19(29-3)13-20(17)30-4)21(22-11-12-28-2)23-14-16-5-8-18(9-6-16)25(26)27/h5-10,13H,11-12,14-15H2,1-4H3,(H,22,23). The van der Waals surface area contributed by atoms with Gasteiger partial charge in [-0.15, -0.1) is 0 Å². The molecule has 0 saturated heterocycles. The smallest absolute Gasteiger partial charge is 0.269 e. The van der Waals surface area contributed by atoms with Gasteiger partial charge in [0.1, 0.15) is 11.5 Å². The Morgan fingerprint density at radius 2 is 1.87 bits per heavy atom. The van der Waals surface area contributed by atoms with Crippen LogP contribution in [0, 0.1) is 10.1 Å². The molecule has 2 aromatic carbocycles. The van der Waals surface area contributed by atoms with Gasteiger partial charge in [-0.1, -0.05) is 12.1 Å². The number of hydrogen-bond donors (Lipinski definition) is 1. The fraction of sp³-hybridized carbons (Fsp3) is 0.381. The van der Waals surface area contributed by atoms with Crippen LogP contribution in [0.25, 0.3) is 0 Å². The molecule has 0 aliphatic rings. The molecule has 0 fully saturated rings. The van der Waals surface area contributed by atoms with E-state index in [2.05, 4.69) is 10.3 Å². The Balaban J connectivity index is 2.16. The van der Waals surface area contributed by atoms with Crippen LogP contribution in [0.3, 0.4) is 0 Å². The van der Waals surface area contributed by atoms with E-state index in [1.165, 1.54) is 12.1 Å². The van der Waals surface area contributed by atoms with Gasteiger partial charge < -0.3 is 24.4 Å². The van der Waals surface area contributed by atoms with Crippen LogP contribution in [0.2, 0.25) is 0 Å². The lowest BCUT2D eigenvalue weighted by Gasteiger charge is -2.23. The third kappa shape index (κ3) is 6.63. The lowest BCUT2D eigenvalue weighted by Crippen LogP contribution is -2.40. The zero-order chi connectivity index (χ0) is 21.9. The average Bonchev–Trinajstić information content (AvgIpc) is 2.76. The quantitative estimate of drug-likeness (QED) is 0.209. The van der Waals surface area contributed by atoms with Crippen LogP contribution in [-0.2, 0) is 17.8 Å². The zero-order valence-corrected chi connectivity index (χ0v) is 17.8. The molecule has 2 rings (SSSR count). The van der Waals surface area contributed by atoms with Crippen LogP contribution >= 0.6 is 0 Å². The number of guanidine groups is 1. The van der Waals surface area contributed by atoms with Crippen LogP contribution in [0.1, 0.15) is 11.1 Å². The SMILES string of the molecule is COCCNC(=NCc1ccc([N+](=O)[O-])cc1)N(C)Cc1ccc(OC)cc1OC. The van der Waals surface area contributed by atoms with E-state index in [1.54, 1.807) is 33.5 Å². The molecule has 0 unspecified atom stereocenters. The number of benzene rings is 2. The molecule has 30 heavy (non-hydrogen) atoms. The summed E-state index contributed by atoms with van der Waals surface area (Å²) in [7, 11) is 6.81. The first kappa shape index (κ1) is 23.0. The highest BCUT2D eigenvalue weighted by Gasteiger charge is 2.12. The number of non-ortho nitro benzene ring substituents is 1. The van der Waals surface area contributed by atoms with Crippen molar-refractivity contribution in [2.24, 2.45) is 4.99 Å². The third-order valence-electron chi connectivity index (χ3n) is 4.41. The largest absolute Gasteiger partial charge is 0.497 e. The molecule has 2 aromatic rings. The summed E-state index contributed by atoms with van der Waals surface area (Å²) < 4.78 is 15.9. The molecule has 0 aromatic heterocycles. The lowest BCUT2D eigenvalue weighted by molar-refractivity contribution is -0.384. The Morgan fingerprint density at radius 1 is 1.13 bits per heavy atom. The molecule has 0 bridgehead atoms. The maximum Gasteiger partial charge on any atom is 0.269 e. The Labute approximate surface area is 176 Å². The van der Waals surface area contributed by atoms with Crippen molar-refractivity contribution in [1.29, 1.82) is 0 Å². The molecule has 0 aliphatic heterocycles. The highest BCUT2D eigenvalue weighted by Crippen LogP contribution is 2.25. The van der Waals surface area contributed by atoms with E-state index in [9.17, 15) is 10.1 Å². The van der Waals surface area contributed by atoms with Gasteiger partial charge in [-0.2, -0.15) is 0 Å². The first-order valence-corrected chi connectivity index (χ1v) is 9.41. The number of nitro groups is 1. The number of ether oxygens (including phenoxy) is 3. The fourth-order valence-corrected chi connectivity index (χ4v) is 2.78. The Bertz CT molecular complexity index is 855. The van der Waals surface area contributed by atoms with Crippen LogP contribution < -0.4 is 14.8 Å². The van der Waals surface area contributed by atoms with Gasteiger partial charge in [0.2, 0.25) is 0 Å². The van der Waals surface area contributed by atoms with Crippen molar-refractivity contribution in [3.05, 3.63) is 63.7 Å². The third-order valence-corrected chi connectivity index (χ3v) is 4.41. The van der Waals surface area contributed by atoms with Crippen LogP contribution in [0.4, 0.5) is 5.69 Å². The van der Waals surface area contributed by atoms with Crippen molar-refractivity contribution in [3.63, 3.8) is 0 Å². The van der Waals surface area contributed by atoms with E-state index in [4.69, 9.17) is 14.2 Å². The van der Waals surface area contributed by atoms with Crippen LogP contribution in [0.15, 0.2) is 47.5 Å². The molecule has 9 heteroatoms. The Hall–Kier alpha value is -3.33. The summed E-state index contributed by atoms with van der Waals surface area (Å²) in [5.41, 5.74) is 1.92. The predicted octanol–water partition coefficient (Wildman–Crippen LogP) is 2.84.